The molecule has 0 radical (unpaired) electrons. The highest BCUT2D eigenvalue weighted by Crippen LogP contribution is 2.28. The molecule has 0 saturated carbocycles. The molecule has 0 aliphatic heterocycles. The van der Waals surface area contributed by atoms with Crippen LogP contribution in [0.2, 0.25) is 0 Å². The Hall–Kier alpha value is -3.35. The maximum atomic E-state index is 8.92. The van der Waals surface area contributed by atoms with Gasteiger partial charge in [0.25, 0.3) is 0 Å². The van der Waals surface area contributed by atoms with E-state index >= 15 is 0 Å². The number of thiophene rings is 2. The van der Waals surface area contributed by atoms with Gasteiger partial charge in [0.1, 0.15) is 12.4 Å². The van der Waals surface area contributed by atoms with Crippen LogP contribution in [0.4, 0.5) is 0 Å². The number of hydrogen-bond donors (Lipinski definition) is 0. The number of nitrogens with zero attached hydrogens (tertiary/aromatic N) is 2. The molecule has 5 heteroatoms. The van der Waals surface area contributed by atoms with Crippen molar-refractivity contribution in [2.24, 2.45) is 0 Å². The maximum Gasteiger partial charge on any atom is 0.122 e. The lowest BCUT2D eigenvalue weighted by molar-refractivity contribution is 0.294. The van der Waals surface area contributed by atoms with Crippen LogP contribution in [-0.4, -0.2) is 18.0 Å². The molecule has 0 spiro atoms. The monoisotopic (exact) mass is 482 g/mol. The topological polar surface area (TPSA) is 36.3 Å². The third kappa shape index (κ3) is 6.83. The number of benzene rings is 2. The molecule has 0 aliphatic carbocycles. The zero-order valence-corrected chi connectivity index (χ0v) is 20.8. The first-order chi connectivity index (χ1) is 16.7. The molecule has 4 rings (SSSR count). The van der Waals surface area contributed by atoms with Crippen molar-refractivity contribution >= 4 is 22.7 Å². The van der Waals surface area contributed by atoms with E-state index in [1.165, 1.54) is 21.6 Å². The molecule has 4 aromatic rings. The van der Waals surface area contributed by atoms with Gasteiger partial charge in [-0.25, -0.2) is 0 Å². The van der Waals surface area contributed by atoms with Crippen LogP contribution >= 0.6 is 22.7 Å². The molecule has 0 bridgehead atoms. The van der Waals surface area contributed by atoms with Crippen LogP contribution in [0.1, 0.15) is 34.9 Å². The summed E-state index contributed by atoms with van der Waals surface area (Å²) in [5, 5.41) is 15.4. The number of rotatable bonds is 9. The minimum Gasteiger partial charge on any atom is -0.488 e. The lowest BCUT2D eigenvalue weighted by Gasteiger charge is -2.19. The third-order valence-electron chi connectivity index (χ3n) is 5.28. The van der Waals surface area contributed by atoms with Crippen molar-refractivity contribution in [1.29, 1.82) is 5.26 Å². The van der Waals surface area contributed by atoms with Crippen LogP contribution in [0.25, 0.3) is 11.1 Å². The van der Waals surface area contributed by atoms with Gasteiger partial charge in [-0.3, -0.25) is 4.90 Å². The SMILES string of the molecule is CCCN(CC#Cc1ccc(C#N)cc1)Cc1cccc(OCc2cc(-c3ccsc3)cs2)c1. The number of hydrogen-bond acceptors (Lipinski definition) is 5. The smallest absolute Gasteiger partial charge is 0.122 e. The molecule has 0 aliphatic rings. The summed E-state index contributed by atoms with van der Waals surface area (Å²) < 4.78 is 6.11. The third-order valence-corrected chi connectivity index (χ3v) is 6.88. The van der Waals surface area contributed by atoms with E-state index in [9.17, 15) is 0 Å². The van der Waals surface area contributed by atoms with Gasteiger partial charge >= 0.3 is 0 Å². The molecule has 170 valence electrons. The lowest BCUT2D eigenvalue weighted by Crippen LogP contribution is -2.24. The Bertz CT molecular complexity index is 1290. The Morgan fingerprint density at radius 1 is 0.971 bits per heavy atom. The first-order valence-corrected chi connectivity index (χ1v) is 13.1. The van der Waals surface area contributed by atoms with Crippen molar-refractivity contribution < 1.29 is 4.74 Å². The molecular formula is C29H26N2OS2. The molecule has 0 atom stereocenters. The summed E-state index contributed by atoms with van der Waals surface area (Å²) in [4.78, 5) is 3.57. The molecule has 2 aromatic heterocycles. The zero-order valence-electron chi connectivity index (χ0n) is 19.2. The molecule has 2 heterocycles. The van der Waals surface area contributed by atoms with Gasteiger partial charge in [-0.05, 0) is 94.3 Å². The van der Waals surface area contributed by atoms with E-state index in [0.717, 1.165) is 30.8 Å². The first-order valence-electron chi connectivity index (χ1n) is 11.3. The maximum absolute atomic E-state index is 8.92. The normalized spacial score (nSPS) is 10.5. The van der Waals surface area contributed by atoms with Crippen molar-refractivity contribution in [1.82, 2.24) is 4.90 Å². The largest absolute Gasteiger partial charge is 0.488 e. The minimum atomic E-state index is 0.576. The Morgan fingerprint density at radius 3 is 2.59 bits per heavy atom. The van der Waals surface area contributed by atoms with Gasteiger partial charge in [0.05, 0.1) is 18.2 Å². The molecule has 0 unspecified atom stereocenters. The van der Waals surface area contributed by atoms with E-state index in [4.69, 9.17) is 10.00 Å². The van der Waals surface area contributed by atoms with Crippen molar-refractivity contribution in [3.63, 3.8) is 0 Å². The van der Waals surface area contributed by atoms with Crippen LogP contribution in [0.15, 0.2) is 76.8 Å². The van der Waals surface area contributed by atoms with Crippen molar-refractivity contribution in [2.75, 3.05) is 13.1 Å². The Morgan fingerprint density at radius 2 is 1.82 bits per heavy atom. The Balaban J connectivity index is 1.34. The summed E-state index contributed by atoms with van der Waals surface area (Å²) in [5.74, 6) is 7.38. The summed E-state index contributed by atoms with van der Waals surface area (Å²) in [7, 11) is 0. The lowest BCUT2D eigenvalue weighted by atomic mass is 10.1. The molecule has 0 saturated heterocycles. The highest BCUT2D eigenvalue weighted by molar-refractivity contribution is 7.10. The summed E-state index contributed by atoms with van der Waals surface area (Å²) in [6, 6.07) is 22.3. The highest BCUT2D eigenvalue weighted by atomic mass is 32.1. The second-order valence-electron chi connectivity index (χ2n) is 7.95. The van der Waals surface area contributed by atoms with Gasteiger partial charge in [-0.2, -0.15) is 16.6 Å². The van der Waals surface area contributed by atoms with E-state index in [-0.39, 0.29) is 0 Å². The molecule has 3 nitrogen and oxygen atoms in total. The van der Waals surface area contributed by atoms with E-state index < -0.39 is 0 Å². The van der Waals surface area contributed by atoms with Crippen molar-refractivity contribution in [3.8, 4) is 34.8 Å². The van der Waals surface area contributed by atoms with E-state index in [1.54, 1.807) is 34.8 Å². The fourth-order valence-electron chi connectivity index (χ4n) is 3.59. The second kappa shape index (κ2) is 12.2. The van der Waals surface area contributed by atoms with Crippen LogP contribution in [0.5, 0.6) is 5.75 Å². The molecular weight excluding hydrogens is 456 g/mol. The van der Waals surface area contributed by atoms with Crippen LogP contribution in [-0.2, 0) is 13.2 Å². The second-order valence-corrected chi connectivity index (χ2v) is 9.73. The average molecular weight is 483 g/mol. The summed E-state index contributed by atoms with van der Waals surface area (Å²) in [6.45, 7) is 5.26. The predicted molar refractivity (Wildman–Crippen MR) is 142 cm³/mol. The summed E-state index contributed by atoms with van der Waals surface area (Å²) in [6.07, 6.45) is 1.07. The molecule has 0 fully saturated rings. The fraction of sp³-hybridized carbons (Fsp3) is 0.207. The van der Waals surface area contributed by atoms with Gasteiger partial charge in [0.15, 0.2) is 0 Å². The van der Waals surface area contributed by atoms with Crippen LogP contribution in [0, 0.1) is 23.2 Å². The van der Waals surface area contributed by atoms with Gasteiger partial charge in [-0.15, -0.1) is 11.3 Å². The van der Waals surface area contributed by atoms with Gasteiger partial charge in [-0.1, -0.05) is 30.9 Å². The van der Waals surface area contributed by atoms with Crippen molar-refractivity contribution in [2.45, 2.75) is 26.5 Å². The number of ether oxygens (including phenoxy) is 1. The first kappa shape index (κ1) is 23.8. The van der Waals surface area contributed by atoms with E-state index in [1.807, 2.05) is 18.2 Å². The fourth-order valence-corrected chi connectivity index (χ4v) is 5.06. The van der Waals surface area contributed by atoms with E-state index in [2.05, 4.69) is 76.2 Å². The highest BCUT2D eigenvalue weighted by Gasteiger charge is 2.07. The van der Waals surface area contributed by atoms with Crippen LogP contribution in [0.3, 0.4) is 0 Å². The molecule has 2 aromatic carbocycles. The van der Waals surface area contributed by atoms with Gasteiger partial charge < -0.3 is 4.74 Å². The van der Waals surface area contributed by atoms with Crippen LogP contribution < -0.4 is 4.74 Å². The Labute approximate surface area is 209 Å². The minimum absolute atomic E-state index is 0.576. The number of nitriles is 1. The quantitative estimate of drug-likeness (QED) is 0.237. The summed E-state index contributed by atoms with van der Waals surface area (Å²) in [5.41, 5.74) is 5.34. The predicted octanol–water partition coefficient (Wildman–Crippen LogP) is 7.19. The van der Waals surface area contributed by atoms with Gasteiger partial charge in [0, 0.05) is 17.0 Å². The Kier molecular flexibility index (Phi) is 8.54. The van der Waals surface area contributed by atoms with E-state index in [0.29, 0.717) is 18.7 Å². The standard InChI is InChI=1S/C29H26N2OS2/c1-2-13-31(14-4-6-23-8-10-24(18-30)11-9-23)19-25-5-3-7-28(16-25)32-20-29-17-27(22-34-29)26-12-15-33-21-26/h3,5,7-12,15-17,21-22H,2,13-14,19-20H2,1H3. The van der Waals surface area contributed by atoms with Crippen molar-refractivity contribution in [3.05, 3.63) is 98.4 Å². The zero-order chi connectivity index (χ0) is 23.6. The molecule has 0 amide bonds. The average Bonchev–Trinajstić information content (AvgIpc) is 3.56. The van der Waals surface area contributed by atoms with Gasteiger partial charge in [0.2, 0.25) is 0 Å². The molecule has 34 heavy (non-hydrogen) atoms. The molecule has 0 N–H and O–H groups in total. The summed E-state index contributed by atoms with van der Waals surface area (Å²) >= 11 is 3.46.